The highest BCUT2D eigenvalue weighted by atomic mass is 16.6. The quantitative estimate of drug-likeness (QED) is 0.375. The van der Waals surface area contributed by atoms with Crippen LogP contribution in [0.15, 0.2) is 48.5 Å². The summed E-state index contributed by atoms with van der Waals surface area (Å²) in [5.74, 6) is -1.19. The monoisotopic (exact) mass is 369 g/mol. The fraction of sp³-hybridized carbons (Fsp3) is 0.263. The molecule has 0 radical (unpaired) electrons. The van der Waals surface area contributed by atoms with E-state index < -0.39 is 17.0 Å². The number of rotatable bonds is 5. The molecule has 1 amide bonds. The second kappa shape index (κ2) is 7.86. The lowest BCUT2D eigenvalue weighted by Crippen LogP contribution is -2.35. The Hall–Kier alpha value is -3.42. The first-order chi connectivity index (χ1) is 13.0. The van der Waals surface area contributed by atoms with E-state index in [0.717, 1.165) is 18.9 Å². The average molecular weight is 369 g/mol. The molecule has 2 aromatic rings. The number of likely N-dealkylation sites (tertiary alicyclic amines) is 1. The number of benzene rings is 2. The Bertz CT molecular complexity index is 863. The lowest BCUT2D eigenvalue weighted by molar-refractivity contribution is -0.384. The zero-order chi connectivity index (χ0) is 19.4. The van der Waals surface area contributed by atoms with Crippen LogP contribution in [-0.2, 0) is 9.53 Å². The second-order valence-electron chi connectivity index (χ2n) is 6.26. The summed E-state index contributed by atoms with van der Waals surface area (Å²) in [6.45, 7) is 1.22. The lowest BCUT2D eigenvalue weighted by Gasteiger charge is -2.23. The summed E-state index contributed by atoms with van der Waals surface area (Å²) in [7, 11) is 0. The third kappa shape index (κ3) is 4.05. The van der Waals surface area contributed by atoms with Crippen molar-refractivity contribution in [1.82, 2.24) is 4.90 Å². The summed E-state index contributed by atoms with van der Waals surface area (Å²) >= 11 is 0. The summed E-state index contributed by atoms with van der Waals surface area (Å²) < 4.78 is 5.48. The molecule has 0 bridgehead atoms. The van der Waals surface area contributed by atoms with Gasteiger partial charge in [-0.2, -0.15) is 0 Å². The molecule has 1 saturated heterocycles. The first kappa shape index (κ1) is 18.4. The fourth-order valence-corrected chi connectivity index (χ4v) is 3.00. The largest absolute Gasteiger partial charge is 0.444 e. The number of hydrogen-bond acceptors (Lipinski definition) is 6. The van der Waals surface area contributed by atoms with Gasteiger partial charge in [-0.15, -0.1) is 0 Å². The zero-order valence-electron chi connectivity index (χ0n) is 14.5. The van der Waals surface area contributed by atoms with Gasteiger partial charge < -0.3 is 15.4 Å². The van der Waals surface area contributed by atoms with Crippen LogP contribution in [0.5, 0.6) is 0 Å². The third-order valence-corrected chi connectivity index (χ3v) is 4.44. The van der Waals surface area contributed by atoms with Crippen LogP contribution in [-0.4, -0.2) is 34.8 Å². The number of ether oxygens (including phenoxy) is 1. The van der Waals surface area contributed by atoms with Gasteiger partial charge in [0, 0.05) is 36.5 Å². The number of amides is 1. The average Bonchev–Trinajstić information content (AvgIpc) is 3.21. The number of esters is 1. The number of anilines is 1. The van der Waals surface area contributed by atoms with E-state index in [0.29, 0.717) is 18.7 Å². The van der Waals surface area contributed by atoms with Crippen LogP contribution in [0.3, 0.4) is 0 Å². The van der Waals surface area contributed by atoms with Gasteiger partial charge in [0.15, 0.2) is 0 Å². The van der Waals surface area contributed by atoms with E-state index in [1.165, 1.54) is 12.1 Å². The van der Waals surface area contributed by atoms with Crippen LogP contribution in [0.25, 0.3) is 0 Å². The number of nitrogens with zero attached hydrogens (tertiary/aromatic N) is 2. The predicted octanol–water partition coefficient (Wildman–Crippen LogP) is 2.70. The highest BCUT2D eigenvalue weighted by molar-refractivity contribution is 5.97. The van der Waals surface area contributed by atoms with Crippen molar-refractivity contribution in [2.45, 2.75) is 18.9 Å². The number of nitrogen functional groups attached to an aromatic ring is 1. The Morgan fingerprint density at radius 2 is 1.78 bits per heavy atom. The second-order valence-corrected chi connectivity index (χ2v) is 6.26. The Morgan fingerprint density at radius 1 is 1.11 bits per heavy atom. The highest BCUT2D eigenvalue weighted by Crippen LogP contribution is 2.27. The van der Waals surface area contributed by atoms with Crippen LogP contribution < -0.4 is 5.73 Å². The standard InChI is InChI=1S/C19H19N3O5/c20-16-9-8-14(22(25)26)12-15(16)19(24)27-17(13-6-2-1-3-7-13)18(23)21-10-4-5-11-21/h1-3,6-9,12,17H,4-5,10-11,20H2/t17-/m1/s1. The number of carbonyl (C=O) groups excluding carboxylic acids is 2. The zero-order valence-corrected chi connectivity index (χ0v) is 14.5. The molecule has 1 aliphatic rings. The Morgan fingerprint density at radius 3 is 2.41 bits per heavy atom. The van der Waals surface area contributed by atoms with E-state index in [9.17, 15) is 19.7 Å². The van der Waals surface area contributed by atoms with Crippen molar-refractivity contribution < 1.29 is 19.2 Å². The topological polar surface area (TPSA) is 116 Å². The Labute approximate surface area is 155 Å². The van der Waals surface area contributed by atoms with Crippen LogP contribution in [0.2, 0.25) is 0 Å². The van der Waals surface area contributed by atoms with Crippen LogP contribution in [0, 0.1) is 10.1 Å². The smallest absolute Gasteiger partial charge is 0.341 e. The van der Waals surface area contributed by atoms with Crippen LogP contribution in [0.1, 0.15) is 34.9 Å². The molecule has 1 atom stereocenters. The molecule has 140 valence electrons. The van der Waals surface area contributed by atoms with Gasteiger partial charge in [0.25, 0.3) is 11.6 Å². The molecule has 3 rings (SSSR count). The number of nitro benzene ring substituents is 1. The molecule has 2 aromatic carbocycles. The molecule has 0 aromatic heterocycles. The lowest BCUT2D eigenvalue weighted by atomic mass is 10.1. The van der Waals surface area contributed by atoms with Gasteiger partial charge in [0.05, 0.1) is 10.5 Å². The van der Waals surface area contributed by atoms with Crippen molar-refractivity contribution in [1.29, 1.82) is 0 Å². The fourth-order valence-electron chi connectivity index (χ4n) is 3.00. The summed E-state index contributed by atoms with van der Waals surface area (Å²) in [4.78, 5) is 37.5. The molecule has 1 fully saturated rings. The van der Waals surface area contributed by atoms with Gasteiger partial charge in [0.1, 0.15) is 0 Å². The van der Waals surface area contributed by atoms with Crippen molar-refractivity contribution in [3.8, 4) is 0 Å². The maximum atomic E-state index is 12.9. The van der Waals surface area contributed by atoms with Crippen molar-refractivity contribution in [3.05, 3.63) is 69.8 Å². The van der Waals surface area contributed by atoms with E-state index >= 15 is 0 Å². The molecule has 1 heterocycles. The summed E-state index contributed by atoms with van der Waals surface area (Å²) in [5.41, 5.74) is 5.95. The maximum Gasteiger partial charge on any atom is 0.341 e. The van der Waals surface area contributed by atoms with Crippen molar-refractivity contribution in [3.63, 3.8) is 0 Å². The van der Waals surface area contributed by atoms with Gasteiger partial charge in [-0.05, 0) is 18.9 Å². The molecule has 1 aliphatic heterocycles. The van der Waals surface area contributed by atoms with Crippen LogP contribution >= 0.6 is 0 Å². The first-order valence-corrected chi connectivity index (χ1v) is 8.56. The minimum atomic E-state index is -1.13. The molecule has 8 heteroatoms. The maximum absolute atomic E-state index is 12.9. The van der Waals surface area contributed by atoms with E-state index in [4.69, 9.17) is 10.5 Å². The molecular formula is C19H19N3O5. The van der Waals surface area contributed by atoms with Gasteiger partial charge in [-0.3, -0.25) is 14.9 Å². The number of nitrogens with two attached hydrogens (primary N) is 1. The van der Waals surface area contributed by atoms with Crippen molar-refractivity contribution in [2.24, 2.45) is 0 Å². The number of non-ortho nitro benzene ring substituents is 1. The molecule has 27 heavy (non-hydrogen) atoms. The van der Waals surface area contributed by atoms with E-state index in [2.05, 4.69) is 0 Å². The minimum Gasteiger partial charge on any atom is -0.444 e. The summed E-state index contributed by atoms with van der Waals surface area (Å²) in [5, 5.41) is 11.0. The normalized spacial score (nSPS) is 14.6. The van der Waals surface area contributed by atoms with E-state index in [-0.39, 0.29) is 22.8 Å². The Kier molecular flexibility index (Phi) is 5.35. The highest BCUT2D eigenvalue weighted by Gasteiger charge is 2.32. The van der Waals surface area contributed by atoms with E-state index in [1.807, 2.05) is 0 Å². The molecule has 0 unspecified atom stereocenters. The van der Waals surface area contributed by atoms with Gasteiger partial charge >= 0.3 is 5.97 Å². The SMILES string of the molecule is Nc1ccc([N+](=O)[O-])cc1C(=O)O[C@@H](C(=O)N1CCCC1)c1ccccc1. The number of hydrogen-bond donors (Lipinski definition) is 1. The minimum absolute atomic E-state index is 0.0473. The van der Waals surface area contributed by atoms with Crippen molar-refractivity contribution in [2.75, 3.05) is 18.8 Å². The predicted molar refractivity (Wildman–Crippen MR) is 97.9 cm³/mol. The van der Waals surface area contributed by atoms with Crippen LogP contribution in [0.4, 0.5) is 11.4 Å². The number of carbonyl (C=O) groups is 2. The molecule has 0 aliphatic carbocycles. The van der Waals surface area contributed by atoms with Crippen molar-refractivity contribution >= 4 is 23.3 Å². The van der Waals surface area contributed by atoms with Gasteiger partial charge in [0.2, 0.25) is 6.10 Å². The first-order valence-electron chi connectivity index (χ1n) is 8.56. The van der Waals surface area contributed by atoms with E-state index in [1.54, 1.807) is 35.2 Å². The number of nitro groups is 1. The summed E-state index contributed by atoms with van der Waals surface area (Å²) in [6.07, 6.45) is 0.674. The Balaban J connectivity index is 1.90. The molecule has 8 nitrogen and oxygen atoms in total. The molecule has 0 saturated carbocycles. The molecule has 0 spiro atoms. The van der Waals surface area contributed by atoms with Gasteiger partial charge in [-0.25, -0.2) is 4.79 Å². The summed E-state index contributed by atoms with van der Waals surface area (Å²) in [6, 6.07) is 12.2. The third-order valence-electron chi connectivity index (χ3n) is 4.44. The molecule has 2 N–H and O–H groups in total. The molecular weight excluding hydrogens is 350 g/mol. The van der Waals surface area contributed by atoms with Gasteiger partial charge in [-0.1, -0.05) is 30.3 Å².